The van der Waals surface area contributed by atoms with Crippen LogP contribution < -0.4 is 4.90 Å². The number of benzene rings is 2. The van der Waals surface area contributed by atoms with E-state index in [4.69, 9.17) is 4.74 Å². The summed E-state index contributed by atoms with van der Waals surface area (Å²) < 4.78 is 70.5. The Morgan fingerprint density at radius 3 is 2.55 bits per heavy atom. The van der Waals surface area contributed by atoms with Crippen LogP contribution in [0, 0.1) is 0 Å². The average Bonchev–Trinajstić information content (AvgIpc) is 3.45. The summed E-state index contributed by atoms with van der Waals surface area (Å²) in [5.74, 6) is -0.558. The van der Waals surface area contributed by atoms with Gasteiger partial charge < -0.3 is 4.74 Å². The molecule has 1 atom stereocenters. The molecule has 0 saturated carbocycles. The number of rotatable bonds is 6. The van der Waals surface area contributed by atoms with Gasteiger partial charge in [-0.05, 0) is 49.2 Å². The highest BCUT2D eigenvalue weighted by atomic mass is 32.2. The largest absolute Gasteiger partial charge is 0.418 e. The van der Waals surface area contributed by atoms with Crippen LogP contribution in [0.4, 0.5) is 18.3 Å². The topological polar surface area (TPSA) is 76.6 Å². The monoisotopic (exact) mass is 498 g/mol. The van der Waals surface area contributed by atoms with Crippen LogP contribution in [-0.4, -0.2) is 44.3 Å². The number of amides is 1. The van der Waals surface area contributed by atoms with Crippen molar-refractivity contribution in [3.05, 3.63) is 53.6 Å². The molecule has 1 saturated heterocycles. The molecule has 1 fully saturated rings. The van der Waals surface area contributed by atoms with Gasteiger partial charge in [0.2, 0.25) is 0 Å². The van der Waals surface area contributed by atoms with E-state index in [1.165, 1.54) is 48.2 Å². The number of aromatic nitrogens is 1. The molecule has 176 valence electrons. The summed E-state index contributed by atoms with van der Waals surface area (Å²) in [5.41, 5.74) is -0.862. The first-order valence-electron chi connectivity index (χ1n) is 10.3. The molecule has 0 spiro atoms. The average molecular weight is 499 g/mol. The first-order chi connectivity index (χ1) is 15.6. The molecule has 0 N–H and O–H groups in total. The molecular formula is C22H21F3N2O4S2. The molecule has 0 aliphatic carbocycles. The fourth-order valence-electron chi connectivity index (χ4n) is 3.65. The molecule has 4 rings (SSSR count). The molecule has 33 heavy (non-hydrogen) atoms. The molecule has 1 amide bonds. The van der Waals surface area contributed by atoms with E-state index in [2.05, 4.69) is 4.98 Å². The van der Waals surface area contributed by atoms with Crippen LogP contribution in [0.2, 0.25) is 0 Å². The number of ether oxygens (including phenoxy) is 1. The van der Waals surface area contributed by atoms with Gasteiger partial charge in [-0.25, -0.2) is 13.4 Å². The summed E-state index contributed by atoms with van der Waals surface area (Å²) in [6, 6.07) is 9.33. The van der Waals surface area contributed by atoms with Crippen LogP contribution in [-0.2, 0) is 20.8 Å². The second-order valence-electron chi connectivity index (χ2n) is 7.63. The third kappa shape index (κ3) is 4.90. The number of fused-ring (bicyclic) bond motifs is 1. The first-order valence-corrected chi connectivity index (χ1v) is 12.8. The number of sulfone groups is 1. The van der Waals surface area contributed by atoms with E-state index in [-0.39, 0.29) is 39.5 Å². The van der Waals surface area contributed by atoms with Crippen LogP contribution in [0.15, 0.2) is 47.4 Å². The van der Waals surface area contributed by atoms with Crippen molar-refractivity contribution < 1.29 is 31.1 Å². The van der Waals surface area contributed by atoms with Crippen molar-refractivity contribution in [1.29, 1.82) is 0 Å². The van der Waals surface area contributed by atoms with Crippen LogP contribution in [0.3, 0.4) is 0 Å². The number of hydrogen-bond acceptors (Lipinski definition) is 6. The Morgan fingerprint density at radius 1 is 1.21 bits per heavy atom. The number of carbonyl (C=O) groups excluding carboxylic acids is 1. The standard InChI is InChI=1S/C22H21F3N2O4S2/c1-2-33(29,30)16-10-8-14(9-11-16)20(28)27(13-15-5-4-12-31-15)21-26-19-17(22(23,24)25)6-3-7-18(19)32-21/h3,6-11,15H,2,4-5,12-13H2,1H3/t15-/m0/s1. The predicted octanol–water partition coefficient (Wildman–Crippen LogP) is 4.93. The maximum Gasteiger partial charge on any atom is 0.418 e. The van der Waals surface area contributed by atoms with Crippen molar-refractivity contribution in [2.45, 2.75) is 36.9 Å². The fraction of sp³-hybridized carbons (Fsp3) is 0.364. The van der Waals surface area contributed by atoms with E-state index in [0.29, 0.717) is 11.3 Å². The summed E-state index contributed by atoms with van der Waals surface area (Å²) in [6.07, 6.45) is -3.29. The second kappa shape index (κ2) is 9.03. The third-order valence-corrected chi connectivity index (χ3v) is 8.23. The second-order valence-corrected chi connectivity index (χ2v) is 10.9. The number of thiazole rings is 1. The van der Waals surface area contributed by atoms with E-state index >= 15 is 0 Å². The van der Waals surface area contributed by atoms with Crippen LogP contribution in [0.5, 0.6) is 0 Å². The smallest absolute Gasteiger partial charge is 0.376 e. The van der Waals surface area contributed by atoms with Crippen molar-refractivity contribution in [2.24, 2.45) is 0 Å². The summed E-state index contributed by atoms with van der Waals surface area (Å²) in [4.78, 5) is 19.0. The van der Waals surface area contributed by atoms with Crippen molar-refractivity contribution in [3.63, 3.8) is 0 Å². The molecule has 0 bridgehead atoms. The fourth-order valence-corrected chi connectivity index (χ4v) is 5.53. The SMILES string of the molecule is CCS(=O)(=O)c1ccc(C(=O)N(C[C@@H]2CCCO2)c2nc3c(C(F)(F)F)cccc3s2)cc1. The van der Waals surface area contributed by atoms with E-state index in [0.717, 1.165) is 30.2 Å². The van der Waals surface area contributed by atoms with Crippen LogP contribution in [0.1, 0.15) is 35.7 Å². The maximum absolute atomic E-state index is 13.5. The Labute approximate surface area is 192 Å². The Morgan fingerprint density at radius 2 is 1.94 bits per heavy atom. The Kier molecular flexibility index (Phi) is 6.47. The number of para-hydroxylation sites is 1. The molecule has 2 aromatic carbocycles. The van der Waals surface area contributed by atoms with Gasteiger partial charge in [0.1, 0.15) is 0 Å². The normalized spacial score (nSPS) is 16.9. The highest BCUT2D eigenvalue weighted by Crippen LogP contribution is 2.39. The minimum atomic E-state index is -4.57. The van der Waals surface area contributed by atoms with Crippen molar-refractivity contribution in [3.8, 4) is 0 Å². The number of carbonyl (C=O) groups is 1. The summed E-state index contributed by atoms with van der Waals surface area (Å²) in [6.45, 7) is 2.21. The highest BCUT2D eigenvalue weighted by molar-refractivity contribution is 7.91. The Hall–Kier alpha value is -2.50. The molecule has 6 nitrogen and oxygen atoms in total. The lowest BCUT2D eigenvalue weighted by atomic mass is 10.1. The molecule has 1 aliphatic rings. The van der Waals surface area contributed by atoms with Crippen LogP contribution in [0.25, 0.3) is 10.2 Å². The Balaban J connectivity index is 1.73. The van der Waals surface area contributed by atoms with Crippen molar-refractivity contribution >= 4 is 42.4 Å². The number of hydrogen-bond donors (Lipinski definition) is 0. The number of halogens is 3. The van der Waals surface area contributed by atoms with Gasteiger partial charge in [-0.1, -0.05) is 24.3 Å². The van der Waals surface area contributed by atoms with Gasteiger partial charge in [0.25, 0.3) is 5.91 Å². The molecule has 11 heteroatoms. The zero-order valence-corrected chi connectivity index (χ0v) is 19.3. The maximum atomic E-state index is 13.5. The molecular weight excluding hydrogens is 477 g/mol. The van der Waals surface area contributed by atoms with Gasteiger partial charge >= 0.3 is 6.18 Å². The number of anilines is 1. The van der Waals surface area contributed by atoms with Crippen LogP contribution >= 0.6 is 11.3 Å². The quantitative estimate of drug-likeness (QED) is 0.482. The minimum Gasteiger partial charge on any atom is -0.376 e. The number of nitrogens with zero attached hydrogens (tertiary/aromatic N) is 2. The third-order valence-electron chi connectivity index (χ3n) is 5.44. The summed E-state index contributed by atoms with van der Waals surface area (Å²) in [5, 5.41) is 0.132. The van der Waals surface area contributed by atoms with Crippen molar-refractivity contribution in [2.75, 3.05) is 23.8 Å². The van der Waals surface area contributed by atoms with E-state index in [1.54, 1.807) is 0 Å². The lowest BCUT2D eigenvalue weighted by Crippen LogP contribution is -2.37. The van der Waals surface area contributed by atoms with Crippen molar-refractivity contribution in [1.82, 2.24) is 4.98 Å². The minimum absolute atomic E-state index is 0.0708. The predicted molar refractivity (Wildman–Crippen MR) is 119 cm³/mol. The Bertz CT molecular complexity index is 1270. The first kappa shape index (κ1) is 23.7. The van der Waals surface area contributed by atoms with Gasteiger partial charge in [0, 0.05) is 12.2 Å². The number of alkyl halides is 3. The molecule has 1 aromatic heterocycles. The highest BCUT2D eigenvalue weighted by Gasteiger charge is 2.35. The lowest BCUT2D eigenvalue weighted by molar-refractivity contribution is -0.136. The summed E-state index contributed by atoms with van der Waals surface area (Å²) in [7, 11) is -3.43. The molecule has 1 aliphatic heterocycles. The van der Waals surface area contributed by atoms with E-state index in [1.807, 2.05) is 0 Å². The molecule has 3 aromatic rings. The summed E-state index contributed by atoms with van der Waals surface area (Å²) >= 11 is 0.996. The zero-order valence-electron chi connectivity index (χ0n) is 17.6. The van der Waals surface area contributed by atoms with Gasteiger partial charge in [-0.3, -0.25) is 9.69 Å². The van der Waals surface area contributed by atoms with Gasteiger partial charge in [0.05, 0.1) is 39.1 Å². The van der Waals surface area contributed by atoms with Gasteiger partial charge in [0.15, 0.2) is 15.0 Å². The molecule has 0 unspecified atom stereocenters. The van der Waals surface area contributed by atoms with E-state index in [9.17, 15) is 26.4 Å². The van der Waals surface area contributed by atoms with Gasteiger partial charge in [-0.2, -0.15) is 13.2 Å². The molecule has 0 radical (unpaired) electrons. The zero-order chi connectivity index (χ0) is 23.8. The lowest BCUT2D eigenvalue weighted by Gasteiger charge is -2.23. The van der Waals surface area contributed by atoms with Gasteiger partial charge in [-0.15, -0.1) is 0 Å². The van der Waals surface area contributed by atoms with E-state index < -0.39 is 27.5 Å². The molecule has 2 heterocycles.